The van der Waals surface area contributed by atoms with Gasteiger partial charge >= 0.3 is 0 Å². The second kappa shape index (κ2) is 11.5. The van der Waals surface area contributed by atoms with E-state index in [4.69, 9.17) is 14.7 Å². The van der Waals surface area contributed by atoms with Gasteiger partial charge in [-0.1, -0.05) is 12.1 Å². The highest BCUT2D eigenvalue weighted by Gasteiger charge is 1.99. The van der Waals surface area contributed by atoms with E-state index < -0.39 is 0 Å². The van der Waals surface area contributed by atoms with Crippen molar-refractivity contribution in [3.63, 3.8) is 0 Å². The highest BCUT2D eigenvalue weighted by Crippen LogP contribution is 2.03. The van der Waals surface area contributed by atoms with Gasteiger partial charge in [0.1, 0.15) is 0 Å². The van der Waals surface area contributed by atoms with Gasteiger partial charge in [-0.3, -0.25) is 4.99 Å². The minimum atomic E-state index is 0.623. The van der Waals surface area contributed by atoms with Gasteiger partial charge in [0.05, 0.1) is 24.8 Å². The van der Waals surface area contributed by atoms with E-state index in [0.29, 0.717) is 31.9 Å². The number of ether oxygens (including phenoxy) is 2. The molecule has 1 rings (SSSR count). The second-order valence-corrected chi connectivity index (χ2v) is 4.62. The molecule has 1 aromatic carbocycles. The summed E-state index contributed by atoms with van der Waals surface area (Å²) < 4.78 is 10.3. The summed E-state index contributed by atoms with van der Waals surface area (Å²) in [7, 11) is 3.39. The first-order chi connectivity index (χ1) is 10.8. The topological polar surface area (TPSA) is 78.7 Å². The summed E-state index contributed by atoms with van der Waals surface area (Å²) in [5.74, 6) is 0.735. The number of rotatable bonds is 9. The zero-order valence-electron chi connectivity index (χ0n) is 13.3. The average molecular weight is 304 g/mol. The van der Waals surface area contributed by atoms with Crippen LogP contribution in [0.15, 0.2) is 29.3 Å². The Balaban J connectivity index is 2.21. The van der Waals surface area contributed by atoms with Gasteiger partial charge in [0.2, 0.25) is 0 Å². The predicted octanol–water partition coefficient (Wildman–Crippen LogP) is 1.28. The van der Waals surface area contributed by atoms with Crippen LogP contribution in [-0.2, 0) is 16.0 Å². The number of benzene rings is 1. The molecule has 6 heteroatoms. The van der Waals surface area contributed by atoms with E-state index in [9.17, 15) is 0 Å². The molecule has 6 nitrogen and oxygen atoms in total. The number of nitrogens with one attached hydrogen (secondary N) is 2. The van der Waals surface area contributed by atoms with E-state index in [-0.39, 0.29) is 0 Å². The summed E-state index contributed by atoms with van der Waals surface area (Å²) in [4.78, 5) is 4.16. The van der Waals surface area contributed by atoms with Crippen LogP contribution >= 0.6 is 0 Å². The highest BCUT2D eigenvalue weighted by molar-refractivity contribution is 5.79. The third-order valence-electron chi connectivity index (χ3n) is 2.93. The minimum absolute atomic E-state index is 0.623. The molecular formula is C16H24N4O2. The lowest BCUT2D eigenvalue weighted by Gasteiger charge is -2.12. The molecule has 0 aromatic heterocycles. The van der Waals surface area contributed by atoms with Gasteiger partial charge in [-0.2, -0.15) is 5.26 Å². The first-order valence-corrected chi connectivity index (χ1v) is 7.30. The first-order valence-electron chi connectivity index (χ1n) is 7.30. The first kappa shape index (κ1) is 18.0. The molecule has 22 heavy (non-hydrogen) atoms. The molecule has 0 heterocycles. The van der Waals surface area contributed by atoms with Crippen LogP contribution in [0.1, 0.15) is 17.5 Å². The normalized spacial score (nSPS) is 11.0. The molecule has 2 N–H and O–H groups in total. The van der Waals surface area contributed by atoms with Crippen molar-refractivity contribution in [2.24, 2.45) is 4.99 Å². The fourth-order valence-corrected chi connectivity index (χ4v) is 1.78. The lowest BCUT2D eigenvalue weighted by atomic mass is 10.1. The lowest BCUT2D eigenvalue weighted by molar-refractivity contribution is 0.0698. The summed E-state index contributed by atoms with van der Waals surface area (Å²) in [5, 5.41) is 15.3. The average Bonchev–Trinajstić information content (AvgIpc) is 2.57. The van der Waals surface area contributed by atoms with E-state index in [1.807, 2.05) is 18.2 Å². The number of nitrogens with zero attached hydrogens (tertiary/aromatic N) is 2. The summed E-state index contributed by atoms with van der Waals surface area (Å²) in [5.41, 5.74) is 1.71. The molecule has 0 spiro atoms. The van der Waals surface area contributed by atoms with E-state index >= 15 is 0 Å². The molecule has 0 bridgehead atoms. The number of hydrogen-bond acceptors (Lipinski definition) is 4. The van der Waals surface area contributed by atoms with Crippen LogP contribution in [-0.4, -0.2) is 46.5 Å². The van der Waals surface area contributed by atoms with Gasteiger partial charge in [-0.15, -0.1) is 0 Å². The molecule has 0 aliphatic heterocycles. The Hall–Kier alpha value is -2.10. The van der Waals surface area contributed by atoms with E-state index in [1.54, 1.807) is 20.2 Å². The summed E-state index contributed by atoms with van der Waals surface area (Å²) in [6.45, 7) is 3.35. The van der Waals surface area contributed by atoms with Gasteiger partial charge in [0.15, 0.2) is 5.96 Å². The number of methoxy groups -OCH3 is 1. The second-order valence-electron chi connectivity index (χ2n) is 4.62. The van der Waals surface area contributed by atoms with Crippen LogP contribution in [0.5, 0.6) is 0 Å². The molecular weight excluding hydrogens is 280 g/mol. The van der Waals surface area contributed by atoms with Gasteiger partial charge in [-0.25, -0.2) is 0 Å². The Morgan fingerprint density at radius 2 is 2.14 bits per heavy atom. The third kappa shape index (κ3) is 7.62. The van der Waals surface area contributed by atoms with E-state index in [0.717, 1.165) is 24.5 Å². The van der Waals surface area contributed by atoms with Gasteiger partial charge in [0.25, 0.3) is 0 Å². The third-order valence-corrected chi connectivity index (χ3v) is 2.93. The molecule has 0 atom stereocenters. The van der Waals surface area contributed by atoms with Crippen LogP contribution in [0.25, 0.3) is 0 Å². The molecule has 0 fully saturated rings. The van der Waals surface area contributed by atoms with Gasteiger partial charge < -0.3 is 20.1 Å². The molecule has 120 valence electrons. The molecule has 0 saturated heterocycles. The molecule has 0 amide bonds. The number of hydrogen-bond donors (Lipinski definition) is 2. The number of aliphatic imine (C=N–C) groups is 1. The van der Waals surface area contributed by atoms with Crippen molar-refractivity contribution in [3.05, 3.63) is 35.4 Å². The van der Waals surface area contributed by atoms with Crippen LogP contribution in [0.4, 0.5) is 0 Å². The Kier molecular flexibility index (Phi) is 9.42. The van der Waals surface area contributed by atoms with Crippen molar-refractivity contribution in [2.75, 3.05) is 40.5 Å². The molecule has 0 aliphatic rings. The largest absolute Gasteiger partial charge is 0.382 e. The van der Waals surface area contributed by atoms with Gasteiger partial charge in [0, 0.05) is 33.9 Å². The molecule has 0 aliphatic carbocycles. The molecule has 0 unspecified atom stereocenters. The maximum Gasteiger partial charge on any atom is 0.191 e. The van der Waals surface area contributed by atoms with E-state index in [2.05, 4.69) is 21.7 Å². The lowest BCUT2D eigenvalue weighted by Crippen LogP contribution is -2.37. The number of guanidine groups is 1. The molecule has 1 aromatic rings. The minimum Gasteiger partial charge on any atom is -0.382 e. The summed E-state index contributed by atoms with van der Waals surface area (Å²) in [6.07, 6.45) is 0.897. The molecule has 0 radical (unpaired) electrons. The summed E-state index contributed by atoms with van der Waals surface area (Å²) >= 11 is 0. The fourth-order valence-electron chi connectivity index (χ4n) is 1.78. The van der Waals surface area contributed by atoms with Crippen molar-refractivity contribution >= 4 is 5.96 Å². The standard InChI is InChI=1S/C16H24N4O2/c1-18-16(19-7-4-8-22-10-9-21-2)20-13-15-6-3-5-14(11-15)12-17/h3,5-6,11H,4,7-10,13H2,1-2H3,(H2,18,19,20). The predicted molar refractivity (Wildman–Crippen MR) is 86.7 cm³/mol. The Labute approximate surface area is 132 Å². The summed E-state index contributed by atoms with van der Waals surface area (Å²) in [6, 6.07) is 9.65. The van der Waals surface area contributed by atoms with Crippen LogP contribution in [0.3, 0.4) is 0 Å². The van der Waals surface area contributed by atoms with Crippen molar-refractivity contribution in [2.45, 2.75) is 13.0 Å². The Morgan fingerprint density at radius 3 is 2.86 bits per heavy atom. The van der Waals surface area contributed by atoms with Crippen LogP contribution in [0.2, 0.25) is 0 Å². The smallest absolute Gasteiger partial charge is 0.191 e. The van der Waals surface area contributed by atoms with Crippen molar-refractivity contribution < 1.29 is 9.47 Å². The maximum absolute atomic E-state index is 8.88. The highest BCUT2D eigenvalue weighted by atomic mass is 16.5. The Morgan fingerprint density at radius 1 is 1.27 bits per heavy atom. The van der Waals surface area contributed by atoms with Crippen molar-refractivity contribution in [3.8, 4) is 6.07 Å². The zero-order valence-corrected chi connectivity index (χ0v) is 13.3. The van der Waals surface area contributed by atoms with Crippen LogP contribution in [0, 0.1) is 11.3 Å². The van der Waals surface area contributed by atoms with E-state index in [1.165, 1.54) is 0 Å². The van der Waals surface area contributed by atoms with Gasteiger partial charge in [-0.05, 0) is 24.1 Å². The number of nitriles is 1. The fraction of sp³-hybridized carbons (Fsp3) is 0.500. The van der Waals surface area contributed by atoms with Crippen LogP contribution < -0.4 is 10.6 Å². The van der Waals surface area contributed by atoms with Crippen molar-refractivity contribution in [1.82, 2.24) is 10.6 Å². The maximum atomic E-state index is 8.88. The SMILES string of the molecule is CN=C(NCCCOCCOC)NCc1cccc(C#N)c1. The monoisotopic (exact) mass is 304 g/mol. The molecule has 0 saturated carbocycles. The quantitative estimate of drug-likeness (QED) is 0.408. The Bertz CT molecular complexity index is 497. The van der Waals surface area contributed by atoms with Crippen molar-refractivity contribution in [1.29, 1.82) is 5.26 Å². The zero-order chi connectivity index (χ0) is 16.0.